The Bertz CT molecular complexity index is 350. The van der Waals surface area contributed by atoms with Crippen LogP contribution in [-0.2, 0) is 9.53 Å². The van der Waals surface area contributed by atoms with Gasteiger partial charge in [0.05, 0.1) is 12.5 Å². The summed E-state index contributed by atoms with van der Waals surface area (Å²) < 4.78 is 5.85. The Morgan fingerprint density at radius 2 is 2.12 bits per heavy atom. The zero-order chi connectivity index (χ0) is 11.4. The van der Waals surface area contributed by atoms with Gasteiger partial charge in [0.25, 0.3) is 0 Å². The summed E-state index contributed by atoms with van der Waals surface area (Å²) in [6.07, 6.45) is 2.25. The van der Waals surface area contributed by atoms with E-state index in [-0.39, 0.29) is 18.2 Å². The molecular formula is C13H17NO2. The zero-order valence-electron chi connectivity index (χ0n) is 9.48. The summed E-state index contributed by atoms with van der Waals surface area (Å²) in [5.41, 5.74) is 1.01. The summed E-state index contributed by atoms with van der Waals surface area (Å²) in [6.45, 7) is 2.10. The Morgan fingerprint density at radius 1 is 1.38 bits per heavy atom. The summed E-state index contributed by atoms with van der Waals surface area (Å²) >= 11 is 0. The maximum absolute atomic E-state index is 11.5. The van der Waals surface area contributed by atoms with Crippen LogP contribution >= 0.6 is 0 Å². The van der Waals surface area contributed by atoms with Gasteiger partial charge in [-0.1, -0.05) is 43.7 Å². The molecule has 0 aromatic heterocycles. The van der Waals surface area contributed by atoms with Crippen LogP contribution in [0.4, 0.5) is 0 Å². The molecule has 1 heterocycles. The van der Waals surface area contributed by atoms with Gasteiger partial charge in [0.1, 0.15) is 0 Å². The average molecular weight is 219 g/mol. The predicted octanol–water partition coefficient (Wildman–Crippen LogP) is 2.39. The van der Waals surface area contributed by atoms with Crippen LogP contribution in [0.1, 0.15) is 38.0 Å². The quantitative estimate of drug-likeness (QED) is 0.847. The first-order chi connectivity index (χ1) is 7.79. The van der Waals surface area contributed by atoms with Gasteiger partial charge >= 0.3 is 0 Å². The van der Waals surface area contributed by atoms with E-state index in [1.165, 1.54) is 0 Å². The van der Waals surface area contributed by atoms with Crippen LogP contribution in [0, 0.1) is 0 Å². The van der Waals surface area contributed by atoms with Crippen LogP contribution in [0.25, 0.3) is 0 Å². The van der Waals surface area contributed by atoms with Crippen LogP contribution in [0.5, 0.6) is 0 Å². The molecule has 0 unspecified atom stereocenters. The second-order valence-corrected chi connectivity index (χ2v) is 4.11. The van der Waals surface area contributed by atoms with E-state index in [9.17, 15) is 4.79 Å². The van der Waals surface area contributed by atoms with Crippen molar-refractivity contribution in [2.75, 3.05) is 0 Å². The van der Waals surface area contributed by atoms with Crippen molar-refractivity contribution in [3.63, 3.8) is 0 Å². The molecule has 1 amide bonds. The third-order valence-corrected chi connectivity index (χ3v) is 2.75. The number of nitrogens with one attached hydrogen (secondary N) is 1. The van der Waals surface area contributed by atoms with Gasteiger partial charge in [-0.3, -0.25) is 4.79 Å². The highest BCUT2D eigenvalue weighted by molar-refractivity contribution is 5.77. The van der Waals surface area contributed by atoms with Crippen LogP contribution < -0.4 is 5.32 Å². The van der Waals surface area contributed by atoms with Crippen molar-refractivity contribution in [2.45, 2.75) is 38.5 Å². The SMILES string of the molecule is CCC[C@@H]1CC(=O)N[C@H](c2ccccc2)O1. The largest absolute Gasteiger partial charge is 0.350 e. The molecular weight excluding hydrogens is 202 g/mol. The highest BCUT2D eigenvalue weighted by atomic mass is 16.5. The summed E-state index contributed by atoms with van der Waals surface area (Å²) in [5.74, 6) is 0.0820. The molecule has 0 bridgehead atoms. The van der Waals surface area contributed by atoms with Crippen molar-refractivity contribution in [1.82, 2.24) is 5.32 Å². The van der Waals surface area contributed by atoms with Crippen molar-refractivity contribution in [2.24, 2.45) is 0 Å². The summed E-state index contributed by atoms with van der Waals surface area (Å²) in [5, 5.41) is 2.86. The van der Waals surface area contributed by atoms with Crippen LogP contribution in [0.3, 0.4) is 0 Å². The molecule has 1 fully saturated rings. The molecule has 2 rings (SSSR count). The normalized spacial score (nSPS) is 25.2. The zero-order valence-corrected chi connectivity index (χ0v) is 9.48. The molecule has 1 saturated heterocycles. The molecule has 2 atom stereocenters. The first-order valence-electron chi connectivity index (χ1n) is 5.79. The topological polar surface area (TPSA) is 38.3 Å². The van der Waals surface area contributed by atoms with Crippen molar-refractivity contribution in [3.8, 4) is 0 Å². The fraction of sp³-hybridized carbons (Fsp3) is 0.462. The third-order valence-electron chi connectivity index (χ3n) is 2.75. The van der Waals surface area contributed by atoms with Crippen molar-refractivity contribution >= 4 is 5.91 Å². The van der Waals surface area contributed by atoms with Gasteiger partial charge in [0.2, 0.25) is 5.91 Å². The standard InChI is InChI=1S/C13H17NO2/c1-2-6-11-9-12(15)14-13(16-11)10-7-4-3-5-8-10/h3-5,7-8,11,13H,2,6,9H2,1H3,(H,14,15)/t11-,13+/m1/s1. The summed E-state index contributed by atoms with van der Waals surface area (Å²) in [7, 11) is 0. The number of hydrogen-bond donors (Lipinski definition) is 1. The second kappa shape index (κ2) is 5.12. The molecule has 0 spiro atoms. The van der Waals surface area contributed by atoms with Gasteiger partial charge in [-0.15, -0.1) is 0 Å². The Balaban J connectivity index is 2.07. The van der Waals surface area contributed by atoms with Gasteiger partial charge in [0, 0.05) is 5.56 Å². The van der Waals surface area contributed by atoms with Crippen LogP contribution in [0.15, 0.2) is 30.3 Å². The average Bonchev–Trinajstić information content (AvgIpc) is 2.30. The van der Waals surface area contributed by atoms with E-state index in [4.69, 9.17) is 4.74 Å². The lowest BCUT2D eigenvalue weighted by Crippen LogP contribution is -2.41. The summed E-state index contributed by atoms with van der Waals surface area (Å²) in [4.78, 5) is 11.5. The van der Waals surface area contributed by atoms with Gasteiger partial charge in [0.15, 0.2) is 6.23 Å². The molecule has 1 aliphatic rings. The van der Waals surface area contributed by atoms with Crippen molar-refractivity contribution < 1.29 is 9.53 Å². The molecule has 3 heteroatoms. The van der Waals surface area contributed by atoms with E-state index in [0.717, 1.165) is 18.4 Å². The molecule has 1 N–H and O–H groups in total. The molecule has 3 nitrogen and oxygen atoms in total. The first kappa shape index (κ1) is 11.1. The first-order valence-corrected chi connectivity index (χ1v) is 5.79. The highest BCUT2D eigenvalue weighted by Crippen LogP contribution is 2.23. The molecule has 1 aliphatic heterocycles. The molecule has 86 valence electrons. The lowest BCUT2D eigenvalue weighted by atomic mass is 10.1. The van der Waals surface area contributed by atoms with Crippen molar-refractivity contribution in [1.29, 1.82) is 0 Å². The van der Waals surface area contributed by atoms with Gasteiger partial charge in [-0.05, 0) is 6.42 Å². The number of ether oxygens (including phenoxy) is 1. The van der Waals surface area contributed by atoms with Gasteiger partial charge in [-0.25, -0.2) is 0 Å². The van der Waals surface area contributed by atoms with Gasteiger partial charge < -0.3 is 10.1 Å². The lowest BCUT2D eigenvalue weighted by Gasteiger charge is -2.30. The van der Waals surface area contributed by atoms with E-state index >= 15 is 0 Å². The monoisotopic (exact) mass is 219 g/mol. The summed E-state index contributed by atoms with van der Waals surface area (Å²) in [6, 6.07) is 9.80. The molecule has 1 aromatic rings. The number of carbonyl (C=O) groups excluding carboxylic acids is 1. The smallest absolute Gasteiger partial charge is 0.224 e. The Labute approximate surface area is 95.8 Å². The second-order valence-electron chi connectivity index (χ2n) is 4.11. The van der Waals surface area contributed by atoms with E-state index in [2.05, 4.69) is 12.2 Å². The van der Waals surface area contributed by atoms with E-state index < -0.39 is 0 Å². The fourth-order valence-corrected chi connectivity index (χ4v) is 1.97. The van der Waals surface area contributed by atoms with E-state index in [1.807, 2.05) is 30.3 Å². The minimum Gasteiger partial charge on any atom is -0.350 e. The number of rotatable bonds is 3. The van der Waals surface area contributed by atoms with Crippen LogP contribution in [0.2, 0.25) is 0 Å². The van der Waals surface area contributed by atoms with E-state index in [1.54, 1.807) is 0 Å². The number of amides is 1. The van der Waals surface area contributed by atoms with Crippen LogP contribution in [-0.4, -0.2) is 12.0 Å². The lowest BCUT2D eigenvalue weighted by molar-refractivity contribution is -0.143. The maximum Gasteiger partial charge on any atom is 0.224 e. The number of hydrogen-bond acceptors (Lipinski definition) is 2. The Hall–Kier alpha value is -1.35. The molecule has 1 aromatic carbocycles. The van der Waals surface area contributed by atoms with E-state index in [0.29, 0.717) is 6.42 Å². The third kappa shape index (κ3) is 2.61. The maximum atomic E-state index is 11.5. The minimum atomic E-state index is -0.279. The van der Waals surface area contributed by atoms with Gasteiger partial charge in [-0.2, -0.15) is 0 Å². The Morgan fingerprint density at radius 3 is 2.81 bits per heavy atom. The molecule has 0 radical (unpaired) electrons. The molecule has 16 heavy (non-hydrogen) atoms. The molecule has 0 aliphatic carbocycles. The molecule has 0 saturated carbocycles. The minimum absolute atomic E-state index is 0.0592. The fourth-order valence-electron chi connectivity index (χ4n) is 1.97. The van der Waals surface area contributed by atoms with Crippen molar-refractivity contribution in [3.05, 3.63) is 35.9 Å². The number of benzene rings is 1. The Kier molecular flexibility index (Phi) is 3.57. The highest BCUT2D eigenvalue weighted by Gasteiger charge is 2.27. The predicted molar refractivity (Wildman–Crippen MR) is 61.7 cm³/mol. The number of carbonyl (C=O) groups is 1.